The Morgan fingerprint density at radius 1 is 1.08 bits per heavy atom. The summed E-state index contributed by atoms with van der Waals surface area (Å²) in [7, 11) is -3.59. The number of nitrogens with one attached hydrogen (secondary N) is 1. The molecule has 6 nitrogen and oxygen atoms in total. The van der Waals surface area contributed by atoms with Gasteiger partial charge in [-0.05, 0) is 48.4 Å². The van der Waals surface area contributed by atoms with Crippen molar-refractivity contribution in [2.75, 3.05) is 15.4 Å². The Bertz CT molecular complexity index is 903. The average Bonchev–Trinajstić information content (AvgIpc) is 2.88. The van der Waals surface area contributed by atoms with Crippen LogP contribution in [0.1, 0.15) is 29.3 Å². The van der Waals surface area contributed by atoms with Gasteiger partial charge in [-0.25, -0.2) is 12.7 Å². The Hall–Kier alpha value is -2.67. The average molecular weight is 358 g/mol. The van der Waals surface area contributed by atoms with Crippen LogP contribution in [-0.2, 0) is 21.2 Å². The van der Waals surface area contributed by atoms with E-state index in [0.29, 0.717) is 11.3 Å². The molecule has 0 radical (unpaired) electrons. The first kappa shape index (κ1) is 17.2. The fourth-order valence-electron chi connectivity index (χ4n) is 2.64. The molecule has 0 bridgehead atoms. The Balaban J connectivity index is 1.75. The Kier molecular flexibility index (Phi) is 4.59. The van der Waals surface area contributed by atoms with E-state index in [1.54, 1.807) is 0 Å². The van der Waals surface area contributed by atoms with E-state index >= 15 is 0 Å². The van der Waals surface area contributed by atoms with Crippen molar-refractivity contribution >= 4 is 33.2 Å². The maximum Gasteiger partial charge on any atom is 0.255 e. The van der Waals surface area contributed by atoms with Crippen molar-refractivity contribution in [1.29, 1.82) is 0 Å². The molecule has 0 saturated carbocycles. The zero-order valence-corrected chi connectivity index (χ0v) is 14.5. The van der Waals surface area contributed by atoms with Crippen LogP contribution in [0.5, 0.6) is 0 Å². The van der Waals surface area contributed by atoms with Crippen LogP contribution in [0.2, 0.25) is 0 Å². The van der Waals surface area contributed by atoms with Crippen molar-refractivity contribution in [1.82, 2.24) is 0 Å². The van der Waals surface area contributed by atoms with E-state index in [1.165, 1.54) is 29.8 Å². The summed E-state index contributed by atoms with van der Waals surface area (Å²) in [6.45, 7) is 2.06. The molecule has 130 valence electrons. The van der Waals surface area contributed by atoms with Crippen molar-refractivity contribution in [3.8, 4) is 0 Å². The predicted octanol–water partition coefficient (Wildman–Crippen LogP) is 2.57. The first-order valence-electron chi connectivity index (χ1n) is 7.97. The predicted molar refractivity (Wildman–Crippen MR) is 96.1 cm³/mol. The lowest BCUT2D eigenvalue weighted by molar-refractivity contribution is -0.116. The Labute approximate surface area is 146 Å². The molecule has 1 aliphatic heterocycles. The van der Waals surface area contributed by atoms with Gasteiger partial charge in [0.1, 0.15) is 0 Å². The zero-order valence-electron chi connectivity index (χ0n) is 13.7. The van der Waals surface area contributed by atoms with Gasteiger partial charge in [0.05, 0.1) is 11.4 Å². The van der Waals surface area contributed by atoms with Gasteiger partial charge in [-0.1, -0.05) is 19.1 Å². The van der Waals surface area contributed by atoms with E-state index < -0.39 is 15.9 Å². The molecule has 1 aliphatic rings. The third-order valence-corrected chi connectivity index (χ3v) is 5.75. The van der Waals surface area contributed by atoms with Gasteiger partial charge in [-0.15, -0.1) is 0 Å². The van der Waals surface area contributed by atoms with Crippen LogP contribution in [0.15, 0.2) is 48.5 Å². The highest BCUT2D eigenvalue weighted by Gasteiger charge is 2.36. The number of hydrogen-bond acceptors (Lipinski definition) is 4. The number of rotatable bonds is 4. The van der Waals surface area contributed by atoms with Crippen LogP contribution >= 0.6 is 0 Å². The molecule has 1 heterocycles. The van der Waals surface area contributed by atoms with E-state index in [4.69, 9.17) is 0 Å². The van der Waals surface area contributed by atoms with Gasteiger partial charge in [0.2, 0.25) is 15.9 Å². The van der Waals surface area contributed by atoms with E-state index in [-0.39, 0.29) is 23.8 Å². The summed E-state index contributed by atoms with van der Waals surface area (Å²) in [6.07, 6.45) is 0.909. The Morgan fingerprint density at radius 2 is 1.72 bits per heavy atom. The number of sulfonamides is 1. The lowest BCUT2D eigenvalue weighted by atomic mass is 10.1. The Morgan fingerprint density at radius 3 is 2.24 bits per heavy atom. The first-order chi connectivity index (χ1) is 11.9. The van der Waals surface area contributed by atoms with Crippen molar-refractivity contribution in [2.45, 2.75) is 19.8 Å². The molecule has 2 aromatic rings. The number of carbonyl (C=O) groups excluding carboxylic acids is 2. The molecule has 0 atom stereocenters. The standard InChI is InChI=1S/C18H18N2O4S/c1-2-13-3-7-15(8-4-13)19-18(22)14-5-9-16(10-6-14)20-17(21)11-12-25(20,23)24/h3-10H,2,11-12H2,1H3,(H,19,22). The van der Waals surface area contributed by atoms with Crippen molar-refractivity contribution in [3.05, 3.63) is 59.7 Å². The first-order valence-corrected chi connectivity index (χ1v) is 9.58. The molecular weight excluding hydrogens is 340 g/mol. The third-order valence-electron chi connectivity index (χ3n) is 4.06. The number of amides is 2. The summed E-state index contributed by atoms with van der Waals surface area (Å²) in [6, 6.07) is 13.5. The van der Waals surface area contributed by atoms with Gasteiger partial charge >= 0.3 is 0 Å². The molecule has 2 aromatic carbocycles. The van der Waals surface area contributed by atoms with Crippen molar-refractivity contribution < 1.29 is 18.0 Å². The molecular formula is C18H18N2O4S. The van der Waals surface area contributed by atoms with Crippen LogP contribution in [0.4, 0.5) is 11.4 Å². The van der Waals surface area contributed by atoms with Gasteiger partial charge in [-0.3, -0.25) is 9.59 Å². The van der Waals surface area contributed by atoms with Crippen LogP contribution < -0.4 is 9.62 Å². The SMILES string of the molecule is CCc1ccc(NC(=O)c2ccc(N3C(=O)CCS3(=O)=O)cc2)cc1. The number of carbonyl (C=O) groups is 2. The summed E-state index contributed by atoms with van der Waals surface area (Å²) in [5.41, 5.74) is 2.50. The van der Waals surface area contributed by atoms with E-state index in [2.05, 4.69) is 12.2 Å². The van der Waals surface area contributed by atoms with Crippen LogP contribution in [-0.4, -0.2) is 26.0 Å². The van der Waals surface area contributed by atoms with Gasteiger partial charge < -0.3 is 5.32 Å². The quantitative estimate of drug-likeness (QED) is 0.910. The summed E-state index contributed by atoms with van der Waals surface area (Å²) < 4.78 is 24.6. The van der Waals surface area contributed by atoms with E-state index in [1.807, 2.05) is 24.3 Å². The molecule has 1 fully saturated rings. The lowest BCUT2D eigenvalue weighted by Gasteiger charge is -2.15. The summed E-state index contributed by atoms with van der Waals surface area (Å²) >= 11 is 0. The van der Waals surface area contributed by atoms with E-state index in [0.717, 1.165) is 10.7 Å². The lowest BCUT2D eigenvalue weighted by Crippen LogP contribution is -2.29. The summed E-state index contributed by atoms with van der Waals surface area (Å²) in [4.78, 5) is 24.1. The molecule has 2 amide bonds. The van der Waals surface area contributed by atoms with Gasteiger partial charge in [0.25, 0.3) is 5.91 Å². The molecule has 1 N–H and O–H groups in total. The number of anilines is 2. The fraction of sp³-hybridized carbons (Fsp3) is 0.222. The number of benzene rings is 2. The smallest absolute Gasteiger partial charge is 0.255 e. The maximum atomic E-state index is 12.3. The molecule has 0 aromatic heterocycles. The molecule has 0 aliphatic carbocycles. The highest BCUT2D eigenvalue weighted by molar-refractivity contribution is 7.94. The van der Waals surface area contributed by atoms with Gasteiger partial charge in [0.15, 0.2) is 0 Å². The monoisotopic (exact) mass is 358 g/mol. The highest BCUT2D eigenvalue weighted by atomic mass is 32.2. The zero-order chi connectivity index (χ0) is 18.0. The summed E-state index contributed by atoms with van der Waals surface area (Å²) in [5.74, 6) is -0.929. The van der Waals surface area contributed by atoms with Gasteiger partial charge in [-0.2, -0.15) is 0 Å². The summed E-state index contributed by atoms with van der Waals surface area (Å²) in [5, 5.41) is 2.79. The second-order valence-electron chi connectivity index (χ2n) is 5.78. The third kappa shape index (κ3) is 3.56. The largest absolute Gasteiger partial charge is 0.322 e. The topological polar surface area (TPSA) is 83.6 Å². The molecule has 7 heteroatoms. The molecule has 25 heavy (non-hydrogen) atoms. The van der Waals surface area contributed by atoms with Crippen molar-refractivity contribution in [3.63, 3.8) is 0 Å². The number of nitrogens with zero attached hydrogens (tertiary/aromatic N) is 1. The van der Waals surface area contributed by atoms with Gasteiger partial charge in [0, 0.05) is 17.7 Å². The van der Waals surface area contributed by atoms with Crippen molar-refractivity contribution in [2.24, 2.45) is 0 Å². The molecule has 0 spiro atoms. The number of aryl methyl sites for hydroxylation is 1. The highest BCUT2D eigenvalue weighted by Crippen LogP contribution is 2.25. The second kappa shape index (κ2) is 6.68. The van der Waals surface area contributed by atoms with Crippen LogP contribution in [0, 0.1) is 0 Å². The van der Waals surface area contributed by atoms with E-state index in [9.17, 15) is 18.0 Å². The fourth-order valence-corrected chi connectivity index (χ4v) is 4.10. The maximum absolute atomic E-state index is 12.3. The molecule has 3 rings (SSSR count). The minimum Gasteiger partial charge on any atom is -0.322 e. The van der Waals surface area contributed by atoms with Crippen LogP contribution in [0.3, 0.4) is 0 Å². The second-order valence-corrected chi connectivity index (χ2v) is 7.71. The normalized spacial score (nSPS) is 16.0. The molecule has 0 unspecified atom stereocenters. The molecule has 1 saturated heterocycles. The minimum atomic E-state index is -3.59. The minimum absolute atomic E-state index is 0.0155. The number of hydrogen-bond donors (Lipinski definition) is 1. The van der Waals surface area contributed by atoms with Crippen LogP contribution in [0.25, 0.3) is 0 Å².